The number of aromatic nitrogens is 4. The molecule has 0 saturated carbocycles. The van der Waals surface area contributed by atoms with Gasteiger partial charge in [0.25, 0.3) is 0 Å². The second-order valence-corrected chi connectivity index (χ2v) is 5.62. The zero-order valence-electron chi connectivity index (χ0n) is 14.0. The SMILES string of the molecule is BrCc1ccc2nccnc2c1.CBr.Cc1ccc2nccnc2c1. The van der Waals surface area contributed by atoms with E-state index >= 15 is 0 Å². The average Bonchev–Trinajstić information content (AvgIpc) is 2.69. The number of benzene rings is 2. The monoisotopic (exact) mass is 460 g/mol. The van der Waals surface area contributed by atoms with Gasteiger partial charge < -0.3 is 0 Å². The standard InChI is InChI=1S/C9H7BrN2.C9H8N2.CH3Br/c10-6-7-1-2-8-9(5-7)12-4-3-11-8;1-7-2-3-8-9(6-7)11-5-4-10-8;1-2/h1-5H,6H2;2-6H,1H3;1H3. The maximum absolute atomic E-state index is 4.21. The van der Waals surface area contributed by atoms with E-state index in [9.17, 15) is 0 Å². The van der Waals surface area contributed by atoms with Gasteiger partial charge in [-0.3, -0.25) is 19.9 Å². The summed E-state index contributed by atoms with van der Waals surface area (Å²) in [4.78, 5) is 16.7. The van der Waals surface area contributed by atoms with Gasteiger partial charge in [-0.15, -0.1) is 0 Å². The second kappa shape index (κ2) is 10.2. The van der Waals surface area contributed by atoms with Crippen molar-refractivity contribution in [2.24, 2.45) is 0 Å². The number of rotatable bonds is 1. The van der Waals surface area contributed by atoms with Crippen LogP contribution in [0.3, 0.4) is 0 Å². The fourth-order valence-corrected chi connectivity index (χ4v) is 2.51. The van der Waals surface area contributed by atoms with Gasteiger partial charge in [0.05, 0.1) is 22.1 Å². The smallest absolute Gasteiger partial charge is 0.0889 e. The molecule has 25 heavy (non-hydrogen) atoms. The highest BCUT2D eigenvalue weighted by Gasteiger charge is 1.95. The van der Waals surface area contributed by atoms with Crippen molar-refractivity contribution in [3.63, 3.8) is 0 Å². The lowest BCUT2D eigenvalue weighted by Crippen LogP contribution is -1.83. The molecule has 0 fully saturated rings. The highest BCUT2D eigenvalue weighted by atomic mass is 79.9. The molecule has 6 heteroatoms. The first kappa shape index (κ1) is 19.4. The van der Waals surface area contributed by atoms with Crippen LogP contribution in [0, 0.1) is 6.92 Å². The van der Waals surface area contributed by atoms with Crippen molar-refractivity contribution >= 4 is 53.9 Å². The van der Waals surface area contributed by atoms with Gasteiger partial charge in [-0.05, 0) is 48.1 Å². The van der Waals surface area contributed by atoms with Gasteiger partial charge in [0.1, 0.15) is 0 Å². The molecule has 0 aliphatic rings. The summed E-state index contributed by atoms with van der Waals surface area (Å²) in [6.45, 7) is 2.05. The van der Waals surface area contributed by atoms with Gasteiger partial charge >= 0.3 is 0 Å². The van der Waals surface area contributed by atoms with E-state index in [1.807, 2.05) is 49.2 Å². The lowest BCUT2D eigenvalue weighted by Gasteiger charge is -1.97. The topological polar surface area (TPSA) is 51.6 Å². The summed E-state index contributed by atoms with van der Waals surface area (Å²) in [6.07, 6.45) is 6.83. The van der Waals surface area contributed by atoms with E-state index in [1.165, 1.54) is 11.1 Å². The molecule has 128 valence electrons. The molecule has 0 spiro atoms. The number of nitrogens with zero attached hydrogens (tertiary/aromatic N) is 4. The Morgan fingerprint density at radius 2 is 1.16 bits per heavy atom. The lowest BCUT2D eigenvalue weighted by atomic mass is 10.2. The van der Waals surface area contributed by atoms with E-state index in [2.05, 4.69) is 51.8 Å². The molecule has 0 N–H and O–H groups in total. The van der Waals surface area contributed by atoms with Crippen LogP contribution >= 0.6 is 31.9 Å². The third-order valence-electron chi connectivity index (χ3n) is 3.31. The minimum absolute atomic E-state index is 0.861. The molecule has 0 saturated heterocycles. The number of hydrogen-bond donors (Lipinski definition) is 0. The molecular weight excluding hydrogens is 444 g/mol. The summed E-state index contributed by atoms with van der Waals surface area (Å²) in [6, 6.07) is 12.1. The fourth-order valence-electron chi connectivity index (χ4n) is 2.17. The maximum Gasteiger partial charge on any atom is 0.0889 e. The van der Waals surface area contributed by atoms with Crippen LogP contribution in [0.1, 0.15) is 11.1 Å². The van der Waals surface area contributed by atoms with Crippen molar-refractivity contribution in [3.05, 3.63) is 72.3 Å². The largest absolute Gasteiger partial charge is 0.253 e. The number of alkyl halides is 2. The lowest BCUT2D eigenvalue weighted by molar-refractivity contribution is 1.28. The minimum Gasteiger partial charge on any atom is -0.253 e. The zero-order valence-corrected chi connectivity index (χ0v) is 17.2. The highest BCUT2D eigenvalue weighted by molar-refractivity contribution is 9.09. The molecular formula is C19H18Br2N4. The third kappa shape index (κ3) is 5.54. The molecule has 0 bridgehead atoms. The Labute approximate surface area is 164 Å². The maximum atomic E-state index is 4.21. The Morgan fingerprint density at radius 1 is 0.680 bits per heavy atom. The second-order valence-electron chi connectivity index (χ2n) is 5.06. The highest BCUT2D eigenvalue weighted by Crippen LogP contribution is 2.12. The molecule has 0 aliphatic carbocycles. The molecule has 4 rings (SSSR count). The van der Waals surface area contributed by atoms with Crippen LogP contribution in [0.2, 0.25) is 0 Å². The molecule has 0 unspecified atom stereocenters. The molecule has 4 nitrogen and oxygen atoms in total. The van der Waals surface area contributed by atoms with E-state index in [0.29, 0.717) is 0 Å². The first-order chi connectivity index (χ1) is 12.3. The van der Waals surface area contributed by atoms with Crippen LogP contribution in [-0.4, -0.2) is 25.8 Å². The van der Waals surface area contributed by atoms with Crippen molar-refractivity contribution in [1.29, 1.82) is 0 Å². The summed E-state index contributed by atoms with van der Waals surface area (Å²) in [7, 11) is 0. The number of hydrogen-bond acceptors (Lipinski definition) is 4. The number of fused-ring (bicyclic) bond motifs is 2. The molecule has 0 aliphatic heterocycles. The van der Waals surface area contributed by atoms with E-state index in [1.54, 1.807) is 24.8 Å². The predicted octanol–water partition coefficient (Wildman–Crippen LogP) is 5.47. The fraction of sp³-hybridized carbons (Fsp3) is 0.158. The summed E-state index contributed by atoms with van der Waals surface area (Å²) in [5, 5.41) is 0.861. The molecule has 2 aromatic carbocycles. The number of halogens is 2. The molecule has 4 aromatic rings. The molecule has 0 atom stereocenters. The first-order valence-electron chi connectivity index (χ1n) is 7.57. The summed E-state index contributed by atoms with van der Waals surface area (Å²) < 4.78 is 0. The Hall–Kier alpha value is -1.92. The summed E-state index contributed by atoms with van der Waals surface area (Å²) in [5.74, 6) is 1.81. The van der Waals surface area contributed by atoms with Gasteiger partial charge in [-0.25, -0.2) is 0 Å². The summed E-state index contributed by atoms with van der Waals surface area (Å²) >= 11 is 6.33. The number of aryl methyl sites for hydroxylation is 1. The average molecular weight is 462 g/mol. The molecule has 0 radical (unpaired) electrons. The van der Waals surface area contributed by atoms with Crippen molar-refractivity contribution < 1.29 is 0 Å². The summed E-state index contributed by atoms with van der Waals surface area (Å²) in [5.41, 5.74) is 6.27. The molecule has 2 aromatic heterocycles. The van der Waals surface area contributed by atoms with E-state index in [0.717, 1.165) is 27.4 Å². The Morgan fingerprint density at radius 3 is 1.72 bits per heavy atom. The molecule has 0 amide bonds. The van der Waals surface area contributed by atoms with Crippen LogP contribution in [-0.2, 0) is 5.33 Å². The van der Waals surface area contributed by atoms with Crippen molar-refractivity contribution in [2.75, 3.05) is 5.83 Å². The van der Waals surface area contributed by atoms with Crippen molar-refractivity contribution in [3.8, 4) is 0 Å². The molecule has 2 heterocycles. The Kier molecular flexibility index (Phi) is 7.88. The van der Waals surface area contributed by atoms with Gasteiger partial charge in [-0.1, -0.05) is 44.0 Å². The van der Waals surface area contributed by atoms with Gasteiger partial charge in [0, 0.05) is 30.1 Å². The van der Waals surface area contributed by atoms with Crippen LogP contribution in [0.4, 0.5) is 0 Å². The van der Waals surface area contributed by atoms with Gasteiger partial charge in [0.2, 0.25) is 0 Å². The normalized spacial score (nSPS) is 9.76. The van der Waals surface area contributed by atoms with Crippen molar-refractivity contribution in [1.82, 2.24) is 19.9 Å². The minimum atomic E-state index is 0.861. The Balaban J connectivity index is 0.000000165. The quantitative estimate of drug-likeness (QED) is 0.352. The van der Waals surface area contributed by atoms with Crippen molar-refractivity contribution in [2.45, 2.75) is 12.3 Å². The van der Waals surface area contributed by atoms with Crippen LogP contribution < -0.4 is 0 Å². The van der Waals surface area contributed by atoms with Crippen LogP contribution in [0.15, 0.2) is 61.2 Å². The van der Waals surface area contributed by atoms with Gasteiger partial charge in [0.15, 0.2) is 0 Å². The van der Waals surface area contributed by atoms with E-state index in [-0.39, 0.29) is 0 Å². The van der Waals surface area contributed by atoms with E-state index in [4.69, 9.17) is 0 Å². The van der Waals surface area contributed by atoms with Crippen LogP contribution in [0.25, 0.3) is 22.1 Å². The van der Waals surface area contributed by atoms with Crippen LogP contribution in [0.5, 0.6) is 0 Å². The third-order valence-corrected chi connectivity index (χ3v) is 3.96. The van der Waals surface area contributed by atoms with Gasteiger partial charge in [-0.2, -0.15) is 0 Å². The van der Waals surface area contributed by atoms with E-state index < -0.39 is 0 Å². The first-order valence-corrected chi connectivity index (χ1v) is 10.3. The predicted molar refractivity (Wildman–Crippen MR) is 111 cm³/mol. The zero-order chi connectivity index (χ0) is 18.1. The Bertz CT molecular complexity index is 944.